The van der Waals surface area contributed by atoms with Crippen LogP contribution < -0.4 is 0 Å². The minimum absolute atomic E-state index is 0.00973. The summed E-state index contributed by atoms with van der Waals surface area (Å²) in [6.07, 6.45) is 6.06. The quantitative estimate of drug-likeness (QED) is 0.426. The average molecular weight is 329 g/mol. The molecule has 0 N–H and O–H groups in total. The van der Waals surface area contributed by atoms with Crippen LogP contribution in [-0.4, -0.2) is 39.6 Å². The van der Waals surface area contributed by atoms with Gasteiger partial charge in [0.2, 0.25) is 0 Å². The van der Waals surface area contributed by atoms with E-state index in [1.807, 2.05) is 0 Å². The highest BCUT2D eigenvalue weighted by atomic mass is 16.5. The summed E-state index contributed by atoms with van der Waals surface area (Å²) in [6.45, 7) is 16.0. The van der Waals surface area contributed by atoms with Crippen LogP contribution in [0.1, 0.15) is 66.7 Å². The standard InChI is InChI=1S/C20H40O3/c1-6-17(4)11-21-14-20(8-3,15-22-12-18(5)7-2)16-23-13-19-9-10-19/h17-19H,6-16H2,1-5H3. The maximum atomic E-state index is 6.04. The van der Waals surface area contributed by atoms with Gasteiger partial charge in [0.15, 0.2) is 0 Å². The minimum Gasteiger partial charge on any atom is -0.380 e. The third-order valence-electron chi connectivity index (χ3n) is 5.22. The lowest BCUT2D eigenvalue weighted by Crippen LogP contribution is -2.38. The Morgan fingerprint density at radius 1 is 0.826 bits per heavy atom. The largest absolute Gasteiger partial charge is 0.380 e. The van der Waals surface area contributed by atoms with E-state index in [0.717, 1.165) is 52.0 Å². The first-order chi connectivity index (χ1) is 11.0. The molecule has 23 heavy (non-hydrogen) atoms. The Morgan fingerprint density at radius 3 is 1.70 bits per heavy atom. The normalized spacial score (nSPS) is 20.2. The van der Waals surface area contributed by atoms with Crippen molar-refractivity contribution < 1.29 is 14.2 Å². The highest BCUT2D eigenvalue weighted by Gasteiger charge is 2.31. The van der Waals surface area contributed by atoms with Gasteiger partial charge in [0.1, 0.15) is 0 Å². The summed E-state index contributed by atoms with van der Waals surface area (Å²) in [7, 11) is 0. The fourth-order valence-corrected chi connectivity index (χ4v) is 2.35. The molecule has 2 unspecified atom stereocenters. The van der Waals surface area contributed by atoms with Crippen molar-refractivity contribution in [1.82, 2.24) is 0 Å². The zero-order valence-corrected chi connectivity index (χ0v) is 16.2. The van der Waals surface area contributed by atoms with E-state index >= 15 is 0 Å². The van der Waals surface area contributed by atoms with E-state index in [-0.39, 0.29) is 5.41 Å². The van der Waals surface area contributed by atoms with Gasteiger partial charge in [0.05, 0.1) is 19.8 Å². The minimum atomic E-state index is 0.00973. The summed E-state index contributed by atoms with van der Waals surface area (Å²) >= 11 is 0. The van der Waals surface area contributed by atoms with Crippen molar-refractivity contribution in [2.45, 2.75) is 66.7 Å². The highest BCUT2D eigenvalue weighted by Crippen LogP contribution is 2.31. The third kappa shape index (κ3) is 9.07. The number of ether oxygens (including phenoxy) is 3. The summed E-state index contributed by atoms with van der Waals surface area (Å²) in [5, 5.41) is 0. The van der Waals surface area contributed by atoms with Crippen molar-refractivity contribution in [3.63, 3.8) is 0 Å². The zero-order valence-electron chi connectivity index (χ0n) is 16.2. The molecule has 0 radical (unpaired) electrons. The van der Waals surface area contributed by atoms with Gasteiger partial charge in [-0.2, -0.15) is 0 Å². The summed E-state index contributed by atoms with van der Waals surface area (Å²) < 4.78 is 18.1. The molecule has 2 atom stereocenters. The number of rotatable bonds is 15. The second-order valence-electron chi connectivity index (χ2n) is 7.87. The maximum Gasteiger partial charge on any atom is 0.0566 e. The van der Waals surface area contributed by atoms with E-state index in [0.29, 0.717) is 11.8 Å². The van der Waals surface area contributed by atoms with Crippen LogP contribution in [0.4, 0.5) is 0 Å². The monoisotopic (exact) mass is 328 g/mol. The van der Waals surface area contributed by atoms with Gasteiger partial charge in [-0.25, -0.2) is 0 Å². The van der Waals surface area contributed by atoms with Crippen molar-refractivity contribution in [3.8, 4) is 0 Å². The van der Waals surface area contributed by atoms with Crippen LogP contribution in [0.15, 0.2) is 0 Å². The van der Waals surface area contributed by atoms with E-state index in [9.17, 15) is 0 Å². The Balaban J connectivity index is 2.43. The molecule has 1 aliphatic rings. The second-order valence-corrected chi connectivity index (χ2v) is 7.87. The predicted molar refractivity (Wildman–Crippen MR) is 96.8 cm³/mol. The Labute approximate surface area is 144 Å². The first kappa shape index (κ1) is 20.9. The molecule has 1 saturated carbocycles. The molecule has 0 spiro atoms. The van der Waals surface area contributed by atoms with Crippen molar-refractivity contribution in [2.75, 3.05) is 39.6 Å². The second kappa shape index (κ2) is 11.4. The molecule has 1 rings (SSSR count). The molecule has 0 amide bonds. The zero-order chi connectivity index (χ0) is 17.1. The first-order valence-electron chi connectivity index (χ1n) is 9.78. The van der Waals surface area contributed by atoms with Gasteiger partial charge < -0.3 is 14.2 Å². The van der Waals surface area contributed by atoms with Gasteiger partial charge in [0, 0.05) is 25.2 Å². The molecule has 0 bridgehead atoms. The smallest absolute Gasteiger partial charge is 0.0566 e. The molecule has 0 aromatic heterocycles. The van der Waals surface area contributed by atoms with Crippen LogP contribution in [0, 0.1) is 23.2 Å². The maximum absolute atomic E-state index is 6.04. The predicted octanol–water partition coefficient (Wildman–Crippen LogP) is 4.93. The Kier molecular flexibility index (Phi) is 10.4. The molecule has 3 heteroatoms. The summed E-state index contributed by atoms with van der Waals surface area (Å²) in [5.41, 5.74) is 0.00973. The van der Waals surface area contributed by atoms with Gasteiger partial charge in [-0.1, -0.05) is 47.5 Å². The van der Waals surface area contributed by atoms with Crippen LogP contribution >= 0.6 is 0 Å². The topological polar surface area (TPSA) is 27.7 Å². The molecule has 1 aliphatic carbocycles. The molecule has 0 saturated heterocycles. The Bertz CT molecular complexity index is 273. The van der Waals surface area contributed by atoms with Crippen LogP contribution in [0.2, 0.25) is 0 Å². The van der Waals surface area contributed by atoms with Gasteiger partial charge in [-0.05, 0) is 37.0 Å². The lowest BCUT2D eigenvalue weighted by atomic mass is 9.88. The van der Waals surface area contributed by atoms with Crippen LogP contribution in [0.25, 0.3) is 0 Å². The number of hydrogen-bond acceptors (Lipinski definition) is 3. The first-order valence-corrected chi connectivity index (χ1v) is 9.78. The summed E-state index contributed by atoms with van der Waals surface area (Å²) in [6, 6.07) is 0. The van der Waals surface area contributed by atoms with Crippen molar-refractivity contribution in [2.24, 2.45) is 23.2 Å². The average Bonchev–Trinajstić information content (AvgIpc) is 3.38. The van der Waals surface area contributed by atoms with Crippen molar-refractivity contribution >= 4 is 0 Å². The fraction of sp³-hybridized carbons (Fsp3) is 1.00. The molecular formula is C20H40O3. The molecule has 3 nitrogen and oxygen atoms in total. The molecular weight excluding hydrogens is 288 g/mol. The van der Waals surface area contributed by atoms with Gasteiger partial charge in [0.25, 0.3) is 0 Å². The van der Waals surface area contributed by atoms with E-state index < -0.39 is 0 Å². The Morgan fingerprint density at radius 2 is 1.30 bits per heavy atom. The summed E-state index contributed by atoms with van der Waals surface area (Å²) in [5.74, 6) is 2.06. The molecule has 0 aromatic carbocycles. The highest BCUT2D eigenvalue weighted by molar-refractivity contribution is 4.79. The third-order valence-corrected chi connectivity index (χ3v) is 5.22. The molecule has 138 valence electrons. The van der Waals surface area contributed by atoms with Crippen LogP contribution in [0.3, 0.4) is 0 Å². The fourth-order valence-electron chi connectivity index (χ4n) is 2.35. The van der Waals surface area contributed by atoms with Crippen LogP contribution in [-0.2, 0) is 14.2 Å². The lowest BCUT2D eigenvalue weighted by Gasteiger charge is -2.33. The lowest BCUT2D eigenvalue weighted by molar-refractivity contribution is -0.0809. The number of hydrogen-bond donors (Lipinski definition) is 0. The van der Waals surface area contributed by atoms with Crippen molar-refractivity contribution in [1.29, 1.82) is 0 Å². The van der Waals surface area contributed by atoms with Gasteiger partial charge in [-0.15, -0.1) is 0 Å². The van der Waals surface area contributed by atoms with E-state index in [1.165, 1.54) is 25.7 Å². The molecule has 1 fully saturated rings. The van der Waals surface area contributed by atoms with Crippen molar-refractivity contribution in [3.05, 3.63) is 0 Å². The summed E-state index contributed by atoms with van der Waals surface area (Å²) in [4.78, 5) is 0. The van der Waals surface area contributed by atoms with E-state index in [4.69, 9.17) is 14.2 Å². The van der Waals surface area contributed by atoms with Gasteiger partial charge in [-0.3, -0.25) is 0 Å². The van der Waals surface area contributed by atoms with E-state index in [1.54, 1.807) is 0 Å². The van der Waals surface area contributed by atoms with E-state index in [2.05, 4.69) is 34.6 Å². The Hall–Kier alpha value is -0.120. The molecule has 0 aromatic rings. The van der Waals surface area contributed by atoms with Gasteiger partial charge >= 0.3 is 0 Å². The van der Waals surface area contributed by atoms with Crippen LogP contribution in [0.5, 0.6) is 0 Å². The molecule has 0 aliphatic heterocycles. The molecule has 0 heterocycles. The SMILES string of the molecule is CCC(C)COCC(CC)(COCC(C)CC)COCC1CC1.